The van der Waals surface area contributed by atoms with Gasteiger partial charge in [-0.25, -0.2) is 4.98 Å². The van der Waals surface area contributed by atoms with Crippen LogP contribution < -0.4 is 0 Å². The third-order valence-electron chi connectivity index (χ3n) is 5.64. The van der Waals surface area contributed by atoms with Crippen LogP contribution in [0.2, 0.25) is 0 Å². The first-order chi connectivity index (χ1) is 16.4. The number of thioether (sulfide) groups is 1. The Hall–Kier alpha value is -3.03. The van der Waals surface area contributed by atoms with Crippen LogP contribution in [0.25, 0.3) is 33.5 Å². The van der Waals surface area contributed by atoms with Crippen molar-refractivity contribution in [1.82, 2.24) is 19.7 Å². The zero-order valence-electron chi connectivity index (χ0n) is 20.1. The van der Waals surface area contributed by atoms with Crippen molar-refractivity contribution >= 4 is 28.4 Å². The molecule has 0 saturated heterocycles. The highest BCUT2D eigenvalue weighted by molar-refractivity contribution is 7.99. The Bertz CT molecular complexity index is 1280. The van der Waals surface area contributed by atoms with Gasteiger partial charge in [0.2, 0.25) is 0 Å². The third-order valence-corrected chi connectivity index (χ3v) is 6.61. The topological polar surface area (TPSA) is 69.9 Å². The molecule has 0 aliphatic rings. The number of nitrogens with zero attached hydrogens (tertiary/aromatic N) is 4. The number of ether oxygens (including phenoxy) is 1. The molecule has 2 aromatic heterocycles. The molecule has 0 atom stereocenters. The highest BCUT2D eigenvalue weighted by Gasteiger charge is 2.23. The number of pyridine rings is 1. The van der Waals surface area contributed by atoms with Gasteiger partial charge in [0.15, 0.2) is 11.0 Å². The number of fused-ring (bicyclic) bond motifs is 1. The lowest BCUT2D eigenvalue weighted by atomic mass is 9.92. The van der Waals surface area contributed by atoms with Crippen LogP contribution in [0.15, 0.2) is 65.8 Å². The second-order valence-electron chi connectivity index (χ2n) is 9.20. The summed E-state index contributed by atoms with van der Waals surface area (Å²) < 4.78 is 7.40. The van der Waals surface area contributed by atoms with Crippen molar-refractivity contribution in [2.24, 2.45) is 5.41 Å². The monoisotopic (exact) mass is 474 g/mol. The maximum atomic E-state index is 12.6. The summed E-state index contributed by atoms with van der Waals surface area (Å²) in [5.74, 6) is 1.32. The lowest BCUT2D eigenvalue weighted by Crippen LogP contribution is -2.22. The normalized spacial score (nSPS) is 11.8. The zero-order chi connectivity index (χ0) is 24.1. The van der Waals surface area contributed by atoms with Gasteiger partial charge in [0.1, 0.15) is 5.78 Å². The van der Waals surface area contributed by atoms with E-state index in [2.05, 4.69) is 39.0 Å². The molecule has 2 aromatic carbocycles. The number of ketones is 1. The Labute approximate surface area is 204 Å². The van der Waals surface area contributed by atoms with Gasteiger partial charge in [-0.15, -0.1) is 10.2 Å². The molecule has 7 heteroatoms. The average Bonchev–Trinajstić information content (AvgIpc) is 3.24. The Morgan fingerprint density at radius 2 is 1.76 bits per heavy atom. The van der Waals surface area contributed by atoms with E-state index in [1.807, 2.05) is 57.2 Å². The first-order valence-corrected chi connectivity index (χ1v) is 12.4. The van der Waals surface area contributed by atoms with Crippen LogP contribution in [0.3, 0.4) is 0 Å². The SMILES string of the molecule is COCCCn1c(SCC(=O)C(C)(C)C)nnc1-c1cc(-c2ccccc2)nc2ccccc12. The second kappa shape index (κ2) is 10.5. The van der Waals surface area contributed by atoms with Gasteiger partial charge in [0.05, 0.1) is 17.0 Å². The molecule has 0 saturated carbocycles. The summed E-state index contributed by atoms with van der Waals surface area (Å²) in [5.41, 5.74) is 3.43. The van der Waals surface area contributed by atoms with Crippen LogP contribution in [0.1, 0.15) is 27.2 Å². The maximum Gasteiger partial charge on any atom is 0.191 e. The van der Waals surface area contributed by atoms with Gasteiger partial charge in [0.25, 0.3) is 0 Å². The second-order valence-corrected chi connectivity index (χ2v) is 10.1. The molecule has 0 aliphatic carbocycles. The van der Waals surface area contributed by atoms with E-state index in [0.29, 0.717) is 18.9 Å². The van der Waals surface area contributed by atoms with Gasteiger partial charge >= 0.3 is 0 Å². The summed E-state index contributed by atoms with van der Waals surface area (Å²) in [4.78, 5) is 17.5. The number of hydrogen-bond donors (Lipinski definition) is 0. The molecule has 0 aliphatic heterocycles. The van der Waals surface area contributed by atoms with E-state index in [4.69, 9.17) is 9.72 Å². The molecule has 0 radical (unpaired) electrons. The van der Waals surface area contributed by atoms with E-state index >= 15 is 0 Å². The van der Waals surface area contributed by atoms with E-state index in [1.165, 1.54) is 11.8 Å². The Morgan fingerprint density at radius 1 is 1.03 bits per heavy atom. The largest absolute Gasteiger partial charge is 0.385 e. The van der Waals surface area contributed by atoms with Gasteiger partial charge in [-0.2, -0.15) is 0 Å². The summed E-state index contributed by atoms with van der Waals surface area (Å²) in [6.45, 7) is 7.16. The van der Waals surface area contributed by atoms with E-state index in [9.17, 15) is 4.79 Å². The van der Waals surface area contributed by atoms with Crippen LogP contribution in [-0.2, 0) is 16.1 Å². The van der Waals surface area contributed by atoms with Crippen LogP contribution >= 0.6 is 11.8 Å². The van der Waals surface area contributed by atoms with Crippen LogP contribution in [0, 0.1) is 5.41 Å². The van der Waals surface area contributed by atoms with Crippen LogP contribution in [0.4, 0.5) is 0 Å². The van der Waals surface area contributed by atoms with Crippen molar-refractivity contribution < 1.29 is 9.53 Å². The number of para-hydroxylation sites is 1. The molecule has 4 aromatic rings. The third kappa shape index (κ3) is 5.37. The first-order valence-electron chi connectivity index (χ1n) is 11.4. The van der Waals surface area contributed by atoms with Gasteiger partial charge < -0.3 is 9.30 Å². The fraction of sp³-hybridized carbons (Fsp3) is 0.333. The number of benzene rings is 2. The quantitative estimate of drug-likeness (QED) is 0.222. The minimum Gasteiger partial charge on any atom is -0.385 e. The van der Waals surface area contributed by atoms with E-state index in [1.54, 1.807) is 7.11 Å². The molecule has 0 fully saturated rings. The number of hydrogen-bond acceptors (Lipinski definition) is 6. The maximum absolute atomic E-state index is 12.6. The highest BCUT2D eigenvalue weighted by atomic mass is 32.2. The molecule has 0 bridgehead atoms. The number of carbonyl (C=O) groups is 1. The lowest BCUT2D eigenvalue weighted by molar-refractivity contribution is -0.123. The molecule has 0 spiro atoms. The summed E-state index contributed by atoms with van der Waals surface area (Å²) >= 11 is 1.44. The number of carbonyl (C=O) groups excluding carboxylic acids is 1. The van der Waals surface area contributed by atoms with Crippen molar-refractivity contribution in [3.63, 3.8) is 0 Å². The smallest absolute Gasteiger partial charge is 0.191 e. The molecule has 6 nitrogen and oxygen atoms in total. The highest BCUT2D eigenvalue weighted by Crippen LogP contribution is 2.33. The van der Waals surface area contributed by atoms with Crippen LogP contribution in [-0.4, -0.2) is 45.0 Å². The molecule has 4 rings (SSSR count). The molecule has 0 amide bonds. The molecule has 0 unspecified atom stereocenters. The van der Waals surface area contributed by atoms with Crippen molar-refractivity contribution in [3.05, 3.63) is 60.7 Å². The first kappa shape index (κ1) is 24.1. The molecular weight excluding hydrogens is 444 g/mol. The number of methoxy groups -OCH3 is 1. The fourth-order valence-electron chi connectivity index (χ4n) is 3.63. The Balaban J connectivity index is 1.80. The van der Waals surface area contributed by atoms with E-state index < -0.39 is 0 Å². The predicted octanol–water partition coefficient (Wildman–Crippen LogP) is 5.90. The summed E-state index contributed by atoms with van der Waals surface area (Å²) in [6, 6.07) is 20.3. The zero-order valence-corrected chi connectivity index (χ0v) is 20.9. The standard InChI is InChI=1S/C27H30N4O2S/c1-27(2,3)24(32)18-34-26-30-29-25(31(26)15-10-16-33-4)21-17-23(19-11-6-5-7-12-19)28-22-14-9-8-13-20(21)22/h5-9,11-14,17H,10,15-16,18H2,1-4H3. The van der Waals surface area contributed by atoms with Crippen LogP contribution in [0.5, 0.6) is 0 Å². The molecule has 34 heavy (non-hydrogen) atoms. The van der Waals surface area contributed by atoms with Crippen molar-refractivity contribution in [1.29, 1.82) is 0 Å². The lowest BCUT2D eigenvalue weighted by Gasteiger charge is -2.16. The van der Waals surface area contributed by atoms with Gasteiger partial charge in [-0.05, 0) is 18.6 Å². The van der Waals surface area contributed by atoms with Crippen molar-refractivity contribution in [2.75, 3.05) is 19.5 Å². The van der Waals surface area contributed by atoms with Gasteiger partial charge in [-0.3, -0.25) is 4.79 Å². The molecule has 0 N–H and O–H groups in total. The summed E-state index contributed by atoms with van der Waals surface area (Å²) in [6.07, 6.45) is 0.816. The van der Waals surface area contributed by atoms with Crippen molar-refractivity contribution in [3.8, 4) is 22.6 Å². The fourth-order valence-corrected chi connectivity index (χ4v) is 4.75. The summed E-state index contributed by atoms with van der Waals surface area (Å²) in [7, 11) is 1.70. The van der Waals surface area contributed by atoms with E-state index in [0.717, 1.165) is 45.1 Å². The number of aromatic nitrogens is 4. The molecule has 176 valence electrons. The van der Waals surface area contributed by atoms with E-state index in [-0.39, 0.29) is 11.2 Å². The Kier molecular flexibility index (Phi) is 7.44. The number of Topliss-reactive ketones (excluding diaryl/α,β-unsaturated/α-hetero) is 1. The minimum atomic E-state index is -0.386. The number of rotatable bonds is 9. The van der Waals surface area contributed by atoms with Gasteiger partial charge in [0, 0.05) is 42.2 Å². The minimum absolute atomic E-state index is 0.186. The average molecular weight is 475 g/mol. The molecule has 2 heterocycles. The molecular formula is C27H30N4O2S. The van der Waals surface area contributed by atoms with Crippen molar-refractivity contribution in [2.45, 2.75) is 38.9 Å². The Morgan fingerprint density at radius 3 is 2.50 bits per heavy atom. The van der Waals surface area contributed by atoms with Gasteiger partial charge in [-0.1, -0.05) is 81.1 Å². The summed E-state index contributed by atoms with van der Waals surface area (Å²) in [5, 5.41) is 10.9. The predicted molar refractivity (Wildman–Crippen MR) is 138 cm³/mol.